The summed E-state index contributed by atoms with van der Waals surface area (Å²) in [5.74, 6) is 0. The van der Waals surface area contributed by atoms with E-state index in [2.05, 4.69) is 42.9 Å². The number of aryl methyl sites for hydroxylation is 1. The molecule has 1 unspecified atom stereocenters. The maximum atomic E-state index is 12.9. The van der Waals surface area contributed by atoms with Crippen LogP contribution >= 0.6 is 0 Å². The molecule has 8 heteroatoms. The van der Waals surface area contributed by atoms with Crippen molar-refractivity contribution in [3.8, 4) is 17.3 Å². The summed E-state index contributed by atoms with van der Waals surface area (Å²) in [5, 5.41) is 14.2. The molecule has 180 valence electrons. The minimum absolute atomic E-state index is 0.0366. The second-order valence-corrected chi connectivity index (χ2v) is 10.7. The fraction of sp³-hybridized carbons (Fsp3) is 0.407. The minimum Gasteiger partial charge on any atom is -0.297 e. The van der Waals surface area contributed by atoms with Crippen molar-refractivity contribution in [1.29, 1.82) is 5.26 Å². The van der Waals surface area contributed by atoms with Crippen LogP contribution in [0.2, 0.25) is 0 Å². The number of nitrogens with zero attached hydrogens (tertiary/aromatic N) is 7. The summed E-state index contributed by atoms with van der Waals surface area (Å²) in [4.78, 5) is 20.2. The lowest BCUT2D eigenvalue weighted by Crippen LogP contribution is -2.27. The average molecular weight is 470 g/mol. The third kappa shape index (κ3) is 4.52. The largest absolute Gasteiger partial charge is 0.330 e. The van der Waals surface area contributed by atoms with Gasteiger partial charge in [0.2, 0.25) is 0 Å². The number of benzene rings is 1. The standard InChI is InChI=1S/C27H31N7O/c1-27(2,3)18-33-24-9-8-23(30-25(24)31(4)26(33)35)22-14-19(6-7-20(22)15-28)16-32-13-10-21(17-32)34-12-5-11-29-34/h5-9,11-12,14,21H,10,13,16-18H2,1-4H3. The Bertz CT molecular complexity index is 1460. The molecule has 0 saturated carbocycles. The molecule has 0 amide bonds. The zero-order valence-corrected chi connectivity index (χ0v) is 20.8. The molecule has 1 saturated heterocycles. The lowest BCUT2D eigenvalue weighted by atomic mass is 9.97. The lowest BCUT2D eigenvalue weighted by molar-refractivity contribution is 0.312. The number of rotatable bonds is 5. The van der Waals surface area contributed by atoms with Crippen LogP contribution in [0.5, 0.6) is 0 Å². The first-order chi connectivity index (χ1) is 16.7. The van der Waals surface area contributed by atoms with E-state index in [-0.39, 0.29) is 11.1 Å². The van der Waals surface area contributed by atoms with Gasteiger partial charge in [0.15, 0.2) is 5.65 Å². The molecule has 0 N–H and O–H groups in total. The maximum absolute atomic E-state index is 12.9. The molecule has 0 radical (unpaired) electrons. The van der Waals surface area contributed by atoms with Gasteiger partial charge in [-0.15, -0.1) is 0 Å². The third-order valence-corrected chi connectivity index (χ3v) is 6.65. The summed E-state index contributed by atoms with van der Waals surface area (Å²) in [6, 6.07) is 14.5. The highest BCUT2D eigenvalue weighted by Crippen LogP contribution is 2.28. The molecule has 5 rings (SSSR count). The van der Waals surface area contributed by atoms with E-state index in [9.17, 15) is 10.1 Å². The summed E-state index contributed by atoms with van der Waals surface area (Å²) in [5.41, 5.74) is 4.55. The first-order valence-corrected chi connectivity index (χ1v) is 12.0. The Morgan fingerprint density at radius 2 is 2.03 bits per heavy atom. The highest BCUT2D eigenvalue weighted by Gasteiger charge is 2.24. The van der Waals surface area contributed by atoms with Gasteiger partial charge in [-0.1, -0.05) is 26.8 Å². The van der Waals surface area contributed by atoms with Crippen molar-refractivity contribution in [2.24, 2.45) is 12.5 Å². The molecule has 1 atom stereocenters. The molecule has 0 spiro atoms. The first kappa shape index (κ1) is 23.1. The average Bonchev–Trinajstić information content (AvgIpc) is 3.56. The molecule has 0 aliphatic carbocycles. The molecule has 8 nitrogen and oxygen atoms in total. The van der Waals surface area contributed by atoms with Crippen LogP contribution in [0, 0.1) is 16.7 Å². The Morgan fingerprint density at radius 3 is 2.74 bits per heavy atom. The van der Waals surface area contributed by atoms with Gasteiger partial charge in [0.1, 0.15) is 0 Å². The van der Waals surface area contributed by atoms with Gasteiger partial charge in [-0.25, -0.2) is 9.78 Å². The van der Waals surface area contributed by atoms with E-state index < -0.39 is 0 Å². The summed E-state index contributed by atoms with van der Waals surface area (Å²) < 4.78 is 5.43. The van der Waals surface area contributed by atoms with Crippen LogP contribution in [-0.4, -0.2) is 41.9 Å². The van der Waals surface area contributed by atoms with E-state index in [1.165, 1.54) is 0 Å². The van der Waals surface area contributed by atoms with Gasteiger partial charge in [0, 0.05) is 51.2 Å². The molecular formula is C27H31N7O. The van der Waals surface area contributed by atoms with E-state index in [0.717, 1.165) is 42.7 Å². The smallest absolute Gasteiger partial charge is 0.297 e. The van der Waals surface area contributed by atoms with Gasteiger partial charge in [0.05, 0.1) is 28.9 Å². The van der Waals surface area contributed by atoms with Crippen molar-refractivity contribution in [3.63, 3.8) is 0 Å². The zero-order valence-electron chi connectivity index (χ0n) is 20.8. The Kier molecular flexibility index (Phi) is 5.81. The van der Waals surface area contributed by atoms with Gasteiger partial charge >= 0.3 is 5.69 Å². The fourth-order valence-electron chi connectivity index (χ4n) is 4.98. The van der Waals surface area contributed by atoms with Gasteiger partial charge in [0.25, 0.3) is 0 Å². The van der Waals surface area contributed by atoms with Crippen LogP contribution in [0.3, 0.4) is 0 Å². The zero-order chi connectivity index (χ0) is 24.7. The molecular weight excluding hydrogens is 438 g/mol. The number of aromatic nitrogens is 5. The Hall–Kier alpha value is -3.70. The molecule has 1 aromatic carbocycles. The van der Waals surface area contributed by atoms with Gasteiger partial charge in [-0.05, 0) is 47.7 Å². The predicted molar refractivity (Wildman–Crippen MR) is 136 cm³/mol. The lowest BCUT2D eigenvalue weighted by Gasteiger charge is -2.18. The van der Waals surface area contributed by atoms with E-state index in [0.29, 0.717) is 29.5 Å². The highest BCUT2D eigenvalue weighted by atomic mass is 16.1. The van der Waals surface area contributed by atoms with Crippen molar-refractivity contribution >= 4 is 11.2 Å². The third-order valence-electron chi connectivity index (χ3n) is 6.65. The van der Waals surface area contributed by atoms with Crippen molar-refractivity contribution in [2.45, 2.75) is 46.3 Å². The van der Waals surface area contributed by atoms with Gasteiger partial charge < -0.3 is 0 Å². The molecule has 1 aliphatic rings. The molecule has 1 aliphatic heterocycles. The number of likely N-dealkylation sites (tertiary alicyclic amines) is 1. The first-order valence-electron chi connectivity index (χ1n) is 12.0. The quantitative estimate of drug-likeness (QED) is 0.442. The number of hydrogen-bond acceptors (Lipinski definition) is 5. The summed E-state index contributed by atoms with van der Waals surface area (Å²) in [7, 11) is 1.76. The number of imidazole rings is 1. The van der Waals surface area contributed by atoms with E-state index >= 15 is 0 Å². The minimum atomic E-state index is -0.0744. The summed E-state index contributed by atoms with van der Waals surface area (Å²) in [6.45, 7) is 9.71. The van der Waals surface area contributed by atoms with E-state index in [4.69, 9.17) is 4.98 Å². The molecule has 35 heavy (non-hydrogen) atoms. The Balaban J connectivity index is 1.46. The number of pyridine rings is 1. The molecule has 3 aromatic heterocycles. The highest BCUT2D eigenvalue weighted by molar-refractivity contribution is 5.78. The summed E-state index contributed by atoms with van der Waals surface area (Å²) >= 11 is 0. The van der Waals surface area contributed by atoms with Crippen LogP contribution in [0.25, 0.3) is 22.4 Å². The van der Waals surface area contributed by atoms with E-state index in [1.807, 2.05) is 47.4 Å². The van der Waals surface area contributed by atoms with Crippen LogP contribution in [-0.2, 0) is 20.1 Å². The maximum Gasteiger partial charge on any atom is 0.330 e. The van der Waals surface area contributed by atoms with Gasteiger partial charge in [-0.3, -0.25) is 18.7 Å². The van der Waals surface area contributed by atoms with Crippen molar-refractivity contribution < 1.29 is 0 Å². The number of hydrogen-bond donors (Lipinski definition) is 0. The van der Waals surface area contributed by atoms with Crippen LogP contribution < -0.4 is 5.69 Å². The topological polar surface area (TPSA) is 84.7 Å². The SMILES string of the molecule is Cn1c(=O)n(CC(C)(C)C)c2ccc(-c3cc(CN4CCC(n5cccn5)C4)ccc3C#N)nc21. The monoisotopic (exact) mass is 469 g/mol. The van der Waals surface area contributed by atoms with Crippen molar-refractivity contribution in [1.82, 2.24) is 28.8 Å². The van der Waals surface area contributed by atoms with Crippen molar-refractivity contribution in [2.75, 3.05) is 13.1 Å². The van der Waals surface area contributed by atoms with Gasteiger partial charge in [-0.2, -0.15) is 10.4 Å². The Morgan fingerprint density at radius 1 is 1.20 bits per heavy atom. The van der Waals surface area contributed by atoms with Crippen LogP contribution in [0.15, 0.2) is 53.6 Å². The molecule has 1 fully saturated rings. The molecule has 4 aromatic rings. The fourth-order valence-corrected chi connectivity index (χ4v) is 4.98. The second kappa shape index (κ2) is 8.82. The second-order valence-electron chi connectivity index (χ2n) is 10.7. The van der Waals surface area contributed by atoms with Crippen LogP contribution in [0.4, 0.5) is 0 Å². The molecule has 4 heterocycles. The predicted octanol–water partition coefficient (Wildman–Crippen LogP) is 3.96. The van der Waals surface area contributed by atoms with E-state index in [1.54, 1.807) is 16.2 Å². The normalized spacial score (nSPS) is 16.7. The number of fused-ring (bicyclic) bond motifs is 1. The van der Waals surface area contributed by atoms with Crippen LogP contribution in [0.1, 0.15) is 44.4 Å². The van der Waals surface area contributed by atoms with Crippen molar-refractivity contribution in [3.05, 3.63) is 70.4 Å². The Labute approximate surface area is 205 Å². The summed E-state index contributed by atoms with van der Waals surface area (Å²) in [6.07, 6.45) is 4.92. The molecule has 0 bridgehead atoms. The number of nitriles is 1.